The summed E-state index contributed by atoms with van der Waals surface area (Å²) < 4.78 is 5.71. The van der Waals surface area contributed by atoms with Crippen molar-refractivity contribution in [2.45, 2.75) is 63.6 Å². The van der Waals surface area contributed by atoms with Gasteiger partial charge >= 0.3 is 12.0 Å². The Morgan fingerprint density at radius 1 is 0.857 bits per heavy atom. The number of nitrogens with zero attached hydrogens (tertiary/aromatic N) is 5. The molecule has 5 aliphatic rings. The summed E-state index contributed by atoms with van der Waals surface area (Å²) in [5, 5.41) is 12.1. The van der Waals surface area contributed by atoms with Crippen LogP contribution in [0.15, 0.2) is 42.5 Å². The van der Waals surface area contributed by atoms with E-state index in [9.17, 15) is 19.2 Å². The van der Waals surface area contributed by atoms with E-state index >= 15 is 0 Å². The molecule has 5 aliphatic heterocycles. The average molecular weight is 673 g/mol. The number of hydrogen-bond acceptors (Lipinski definition) is 7. The van der Waals surface area contributed by atoms with E-state index in [2.05, 4.69) is 16.3 Å². The molecule has 0 spiro atoms. The number of carboxylic acid groups (broad SMARTS) is 1. The molecule has 3 fully saturated rings. The molecule has 0 radical (unpaired) electrons. The second-order valence-electron chi connectivity index (χ2n) is 14.2. The van der Waals surface area contributed by atoms with Gasteiger partial charge in [0.2, 0.25) is 11.8 Å². The summed E-state index contributed by atoms with van der Waals surface area (Å²) in [7, 11) is 0. The van der Waals surface area contributed by atoms with Gasteiger partial charge in [0, 0.05) is 89.5 Å². The van der Waals surface area contributed by atoms with Gasteiger partial charge in [0.1, 0.15) is 5.75 Å². The first kappa shape index (κ1) is 33.3. The van der Waals surface area contributed by atoms with E-state index in [1.807, 2.05) is 56.0 Å². The molecule has 12 heteroatoms. The molecule has 262 valence electrons. The number of carbonyl (C=O) groups excluding carboxylic acids is 3. The van der Waals surface area contributed by atoms with Crippen LogP contribution in [0.2, 0.25) is 0 Å². The molecule has 0 unspecified atom stereocenters. The molecule has 49 heavy (non-hydrogen) atoms. The van der Waals surface area contributed by atoms with Crippen LogP contribution in [0.25, 0.3) is 0 Å². The number of aliphatic carboxylic acids is 1. The van der Waals surface area contributed by atoms with Crippen LogP contribution in [0.3, 0.4) is 0 Å². The van der Waals surface area contributed by atoms with Gasteiger partial charge in [-0.15, -0.1) is 0 Å². The maximum atomic E-state index is 14.2. The molecule has 2 aromatic rings. The number of carbonyl (C=O) groups is 4. The van der Waals surface area contributed by atoms with Crippen molar-refractivity contribution in [3.63, 3.8) is 0 Å². The second kappa shape index (κ2) is 14.8. The molecule has 0 bridgehead atoms. The molecule has 0 saturated carbocycles. The monoisotopic (exact) mass is 672 g/mol. The molecule has 2 aromatic carbocycles. The summed E-state index contributed by atoms with van der Waals surface area (Å²) in [6, 6.07) is 14.4. The van der Waals surface area contributed by atoms with Crippen LogP contribution in [0, 0.1) is 5.92 Å². The average Bonchev–Trinajstić information content (AvgIpc) is 3.59. The van der Waals surface area contributed by atoms with Crippen LogP contribution >= 0.6 is 0 Å². The minimum Gasteiger partial charge on any atom is -0.493 e. The lowest BCUT2D eigenvalue weighted by Crippen LogP contribution is -2.55. The SMILES string of the molecule is O=C(O)CN1CCN(C2CCN(C(=O)[C@@H](CC(=O)N3CCC(N4Cc5ccccc5NC4=O)CC3)Cc3ccc4c(c3)CCO4)CC2)CC1. The molecule has 4 amide bonds. The molecular formula is C37H48N6O6. The van der Waals surface area contributed by atoms with Crippen molar-refractivity contribution in [2.75, 3.05) is 70.8 Å². The number of nitrogens with one attached hydrogen (secondary N) is 1. The Hall–Kier alpha value is -4.16. The van der Waals surface area contributed by atoms with Crippen LogP contribution in [0.4, 0.5) is 10.5 Å². The molecule has 0 aliphatic carbocycles. The molecule has 1 atom stereocenters. The highest BCUT2D eigenvalue weighted by atomic mass is 16.5. The third-order valence-corrected chi connectivity index (χ3v) is 11.2. The van der Waals surface area contributed by atoms with Crippen molar-refractivity contribution in [3.8, 4) is 5.75 Å². The number of anilines is 1. The minimum absolute atomic E-state index is 0.00357. The number of carboxylic acids is 1. The molecule has 2 N–H and O–H groups in total. The fourth-order valence-electron chi connectivity index (χ4n) is 8.37. The number of rotatable bonds is 9. The Balaban J connectivity index is 0.962. The van der Waals surface area contributed by atoms with Gasteiger partial charge in [-0.05, 0) is 60.9 Å². The zero-order chi connectivity index (χ0) is 33.9. The van der Waals surface area contributed by atoms with Crippen molar-refractivity contribution in [1.82, 2.24) is 24.5 Å². The molecule has 3 saturated heterocycles. The number of hydrogen-bond donors (Lipinski definition) is 2. The zero-order valence-corrected chi connectivity index (χ0v) is 28.2. The van der Waals surface area contributed by atoms with E-state index in [1.54, 1.807) is 0 Å². The highest BCUT2D eigenvalue weighted by molar-refractivity contribution is 5.92. The summed E-state index contributed by atoms with van der Waals surface area (Å²) >= 11 is 0. The number of likely N-dealkylation sites (tertiary alicyclic amines) is 2. The van der Waals surface area contributed by atoms with Crippen molar-refractivity contribution in [2.24, 2.45) is 5.92 Å². The van der Waals surface area contributed by atoms with Gasteiger partial charge in [-0.3, -0.25) is 24.2 Å². The number of benzene rings is 2. The van der Waals surface area contributed by atoms with Gasteiger partial charge < -0.3 is 29.9 Å². The standard InChI is InChI=1S/C37H48N6O6/c44-34(41-12-9-31(10-13-41)43-24-28-3-1-2-4-32(28)38-37(43)48)23-29(22-26-5-6-33-27(21-26)11-20-49-33)36(47)42-14-7-30(8-15-42)40-18-16-39(17-19-40)25-35(45)46/h1-6,21,29-31H,7-20,22-25H2,(H,38,48)(H,45,46)/t29-/m1/s1. The number of piperidine rings is 2. The number of ether oxygens (including phenoxy) is 1. The number of para-hydroxylation sites is 1. The van der Waals surface area contributed by atoms with E-state index in [4.69, 9.17) is 9.84 Å². The first-order chi connectivity index (χ1) is 23.8. The van der Waals surface area contributed by atoms with E-state index in [1.165, 1.54) is 0 Å². The maximum absolute atomic E-state index is 14.2. The number of fused-ring (bicyclic) bond motifs is 2. The number of piperazine rings is 1. The lowest BCUT2D eigenvalue weighted by Gasteiger charge is -2.43. The molecule has 7 rings (SSSR count). The number of amides is 4. The predicted molar refractivity (Wildman–Crippen MR) is 183 cm³/mol. The molecule has 0 aromatic heterocycles. The molecule has 5 heterocycles. The lowest BCUT2D eigenvalue weighted by molar-refractivity contribution is -0.143. The van der Waals surface area contributed by atoms with Crippen LogP contribution < -0.4 is 10.1 Å². The Bertz CT molecular complexity index is 1540. The highest BCUT2D eigenvalue weighted by Gasteiger charge is 2.36. The topological polar surface area (TPSA) is 126 Å². The maximum Gasteiger partial charge on any atom is 0.322 e. The van der Waals surface area contributed by atoms with E-state index < -0.39 is 11.9 Å². The fraction of sp³-hybridized carbons (Fsp3) is 0.568. The van der Waals surface area contributed by atoms with Gasteiger partial charge in [0.25, 0.3) is 0 Å². The Kier molecular flexibility index (Phi) is 10.0. The van der Waals surface area contributed by atoms with Gasteiger partial charge in [-0.1, -0.05) is 30.3 Å². The van der Waals surface area contributed by atoms with Crippen molar-refractivity contribution >= 4 is 29.5 Å². The second-order valence-corrected chi connectivity index (χ2v) is 14.2. The normalized spacial score (nSPS) is 21.5. The van der Waals surface area contributed by atoms with Crippen molar-refractivity contribution in [3.05, 3.63) is 59.2 Å². The van der Waals surface area contributed by atoms with E-state index in [0.717, 1.165) is 73.6 Å². The lowest BCUT2D eigenvalue weighted by atomic mass is 9.91. The van der Waals surface area contributed by atoms with Gasteiger partial charge in [0.05, 0.1) is 19.1 Å². The van der Waals surface area contributed by atoms with Gasteiger partial charge in [-0.2, -0.15) is 0 Å². The summed E-state index contributed by atoms with van der Waals surface area (Å²) in [4.78, 5) is 62.2. The Morgan fingerprint density at radius 3 is 2.33 bits per heavy atom. The summed E-state index contributed by atoms with van der Waals surface area (Å²) in [6.45, 7) is 6.97. The summed E-state index contributed by atoms with van der Waals surface area (Å²) in [5.74, 6) is -0.283. The smallest absolute Gasteiger partial charge is 0.322 e. The largest absolute Gasteiger partial charge is 0.493 e. The van der Waals surface area contributed by atoms with Crippen LogP contribution in [0.5, 0.6) is 5.75 Å². The van der Waals surface area contributed by atoms with Crippen LogP contribution in [0.1, 0.15) is 48.8 Å². The Labute approximate surface area is 287 Å². The summed E-state index contributed by atoms with van der Waals surface area (Å²) in [5.41, 5.74) is 4.18. The third-order valence-electron chi connectivity index (χ3n) is 11.2. The van der Waals surface area contributed by atoms with Gasteiger partial charge in [-0.25, -0.2) is 4.79 Å². The van der Waals surface area contributed by atoms with Crippen molar-refractivity contribution in [1.29, 1.82) is 0 Å². The van der Waals surface area contributed by atoms with Crippen molar-refractivity contribution < 1.29 is 29.0 Å². The van der Waals surface area contributed by atoms with E-state index in [-0.39, 0.29) is 36.9 Å². The summed E-state index contributed by atoms with van der Waals surface area (Å²) in [6.07, 6.45) is 4.71. The van der Waals surface area contributed by atoms with Gasteiger partial charge in [0.15, 0.2) is 0 Å². The zero-order valence-electron chi connectivity index (χ0n) is 28.2. The number of urea groups is 1. The molecule has 12 nitrogen and oxygen atoms in total. The fourth-order valence-corrected chi connectivity index (χ4v) is 8.37. The Morgan fingerprint density at radius 2 is 1.57 bits per heavy atom. The first-order valence-electron chi connectivity index (χ1n) is 18.0. The predicted octanol–water partition coefficient (Wildman–Crippen LogP) is 2.90. The third kappa shape index (κ3) is 7.70. The quantitative estimate of drug-likeness (QED) is 0.417. The van der Waals surface area contributed by atoms with Crippen LogP contribution in [-0.4, -0.2) is 131 Å². The van der Waals surface area contributed by atoms with E-state index in [0.29, 0.717) is 64.6 Å². The molecular weight excluding hydrogens is 624 g/mol. The van der Waals surface area contributed by atoms with Crippen LogP contribution in [-0.2, 0) is 33.8 Å². The first-order valence-corrected chi connectivity index (χ1v) is 18.0. The highest BCUT2D eigenvalue weighted by Crippen LogP contribution is 2.31. The minimum atomic E-state index is -0.788.